The van der Waals surface area contributed by atoms with Crippen LogP contribution in [0, 0.1) is 0 Å². The summed E-state index contributed by atoms with van der Waals surface area (Å²) in [5.41, 5.74) is 0. The van der Waals surface area contributed by atoms with Gasteiger partial charge in [0, 0.05) is 0 Å². The summed E-state index contributed by atoms with van der Waals surface area (Å²) >= 11 is -1.18. The molecule has 0 spiro atoms. The zero-order valence-corrected chi connectivity index (χ0v) is 25.0. The van der Waals surface area contributed by atoms with Crippen molar-refractivity contribution in [3.8, 4) is 0 Å². The fourth-order valence-electron chi connectivity index (χ4n) is 3.33. The van der Waals surface area contributed by atoms with E-state index in [-0.39, 0.29) is 37.0 Å². The van der Waals surface area contributed by atoms with E-state index in [4.69, 9.17) is 28.4 Å². The van der Waals surface area contributed by atoms with Crippen molar-refractivity contribution in [2.75, 3.05) is 42.7 Å². The Labute approximate surface area is 190 Å². The normalized spacial score (nSPS) is 22.1. The number of halogens is 2. The Bertz CT molecular complexity index is 622. The molecule has 0 saturated heterocycles. The first-order valence-electron chi connectivity index (χ1n) is 7.89. The maximum Gasteiger partial charge on any atom is -0.147 e. The molecule has 2 unspecified atom stereocenters. The molecule has 11 heteroatoms. The Morgan fingerprint density at radius 3 is 1.19 bits per heavy atom. The number of rotatable bonds is 8. The number of ether oxygens (including phenoxy) is 6. The molecule has 2 aliphatic rings. The van der Waals surface area contributed by atoms with Gasteiger partial charge in [-0.1, -0.05) is 0 Å². The third kappa shape index (κ3) is 4.77. The van der Waals surface area contributed by atoms with Gasteiger partial charge in [-0.3, -0.25) is 0 Å². The molecule has 2 rings (SSSR count). The summed E-state index contributed by atoms with van der Waals surface area (Å²) in [6, 6.07) is 0. The van der Waals surface area contributed by atoms with Crippen molar-refractivity contribution in [1.82, 2.24) is 0 Å². The van der Waals surface area contributed by atoms with Crippen molar-refractivity contribution in [2.45, 2.75) is 12.2 Å². The molecular formula is C16H28Cl2O6Si2Zr. The fraction of sp³-hybridized carbons (Fsp3) is 0.500. The van der Waals surface area contributed by atoms with Crippen LogP contribution in [0.2, 0.25) is 0 Å². The zero-order chi connectivity index (χ0) is 18.7. The number of hydrogen-bond acceptors (Lipinski definition) is 6. The minimum absolute atomic E-state index is 0. The Kier molecular flexibility index (Phi) is 11.8. The predicted molar refractivity (Wildman–Crippen MR) is 112 cm³/mol. The summed E-state index contributed by atoms with van der Waals surface area (Å²) in [7, 11) is 11.9. The second kappa shape index (κ2) is 11.9. The molecule has 27 heavy (non-hydrogen) atoms. The SMILES string of the molecule is COC1=C(OC)C(OC)[C]([Zr][C]2=C([SiH3])C(OC)=C(OC)C2OC)=C1[SiH3].Cl.Cl. The molecule has 0 aromatic carbocycles. The van der Waals surface area contributed by atoms with E-state index in [1.54, 1.807) is 42.7 Å². The summed E-state index contributed by atoms with van der Waals surface area (Å²) in [6.07, 6.45) is -0.313. The minimum Gasteiger partial charge on any atom is -0.147 e. The van der Waals surface area contributed by atoms with Crippen LogP contribution in [-0.4, -0.2) is 75.4 Å². The van der Waals surface area contributed by atoms with Gasteiger partial charge in [0.25, 0.3) is 0 Å². The number of hydrogen-bond donors (Lipinski definition) is 0. The van der Waals surface area contributed by atoms with Gasteiger partial charge in [-0.2, -0.15) is 0 Å². The van der Waals surface area contributed by atoms with Gasteiger partial charge in [-0.05, 0) is 0 Å². The maximum atomic E-state index is 5.77. The average Bonchev–Trinajstić information content (AvgIpc) is 3.05. The van der Waals surface area contributed by atoms with E-state index in [1.165, 1.54) is 17.0 Å². The van der Waals surface area contributed by atoms with Crippen LogP contribution in [0.15, 0.2) is 40.0 Å². The molecule has 154 valence electrons. The van der Waals surface area contributed by atoms with E-state index in [1.807, 2.05) is 0 Å². The van der Waals surface area contributed by atoms with Crippen molar-refractivity contribution in [3.63, 3.8) is 0 Å². The van der Waals surface area contributed by atoms with Gasteiger partial charge in [-0.25, -0.2) is 0 Å². The van der Waals surface area contributed by atoms with Crippen molar-refractivity contribution >= 4 is 45.3 Å². The Morgan fingerprint density at radius 1 is 0.630 bits per heavy atom. The first kappa shape index (κ1) is 27.0. The third-order valence-electron chi connectivity index (χ3n) is 4.53. The van der Waals surface area contributed by atoms with Crippen LogP contribution in [0.3, 0.4) is 0 Å². The van der Waals surface area contributed by atoms with Crippen LogP contribution in [0.5, 0.6) is 0 Å². The van der Waals surface area contributed by atoms with Crippen LogP contribution < -0.4 is 0 Å². The fourth-order valence-corrected chi connectivity index (χ4v) is 10.3. The third-order valence-corrected chi connectivity index (χ3v) is 13.4. The summed E-state index contributed by atoms with van der Waals surface area (Å²) in [5.74, 6) is 3.23. The molecule has 2 atom stereocenters. The maximum absolute atomic E-state index is 5.77. The molecule has 0 heterocycles. The van der Waals surface area contributed by atoms with E-state index in [0.29, 0.717) is 0 Å². The van der Waals surface area contributed by atoms with Gasteiger partial charge in [-0.15, -0.1) is 24.8 Å². The van der Waals surface area contributed by atoms with Crippen LogP contribution in [0.25, 0.3) is 0 Å². The van der Waals surface area contributed by atoms with Crippen molar-refractivity contribution in [3.05, 3.63) is 40.0 Å². The van der Waals surface area contributed by atoms with E-state index in [0.717, 1.165) is 43.5 Å². The molecule has 0 amide bonds. The Morgan fingerprint density at radius 2 is 0.963 bits per heavy atom. The molecule has 0 radical (unpaired) electrons. The largest absolute Gasteiger partial charge is 0.147 e. The van der Waals surface area contributed by atoms with Gasteiger partial charge in [0.05, 0.1) is 0 Å². The summed E-state index contributed by atoms with van der Waals surface area (Å²) in [4.78, 5) is 0. The van der Waals surface area contributed by atoms with Crippen LogP contribution in [0.1, 0.15) is 0 Å². The molecule has 0 aliphatic heterocycles. The number of methoxy groups -OCH3 is 6. The van der Waals surface area contributed by atoms with Crippen LogP contribution in [0.4, 0.5) is 0 Å². The van der Waals surface area contributed by atoms with Gasteiger partial charge in [0.2, 0.25) is 0 Å². The Hall–Kier alpha value is -0.0231. The molecule has 0 aromatic heterocycles. The quantitative estimate of drug-likeness (QED) is 0.413. The minimum atomic E-state index is -1.18. The summed E-state index contributed by atoms with van der Waals surface area (Å²) in [6.45, 7) is 0. The molecule has 0 aromatic rings. The van der Waals surface area contributed by atoms with Crippen molar-refractivity contribution in [1.29, 1.82) is 0 Å². The number of allylic oxidation sites excluding steroid dienone is 2. The van der Waals surface area contributed by atoms with Crippen LogP contribution >= 0.6 is 24.8 Å². The predicted octanol–water partition coefficient (Wildman–Crippen LogP) is 0.132. The standard InChI is InChI=1S/2C8H13O3Si.2ClH.Zr/c2*1-9-5-4-6(12)8(11-3)7(5)10-2;;;/h2*5H,1-3,12H3;2*1H;. The van der Waals surface area contributed by atoms with E-state index < -0.39 is 23.2 Å². The van der Waals surface area contributed by atoms with Gasteiger partial charge < -0.3 is 0 Å². The summed E-state index contributed by atoms with van der Waals surface area (Å²) < 4.78 is 36.6. The average molecular weight is 535 g/mol. The van der Waals surface area contributed by atoms with Crippen molar-refractivity contribution in [2.24, 2.45) is 0 Å². The second-order valence-corrected chi connectivity index (χ2v) is 10.9. The van der Waals surface area contributed by atoms with Crippen molar-refractivity contribution < 1.29 is 51.7 Å². The first-order chi connectivity index (χ1) is 12.0. The van der Waals surface area contributed by atoms with Gasteiger partial charge >= 0.3 is 167 Å². The first-order valence-corrected chi connectivity index (χ1v) is 12.4. The second-order valence-electron chi connectivity index (χ2n) is 5.64. The molecular weight excluding hydrogens is 506 g/mol. The molecule has 0 bridgehead atoms. The van der Waals surface area contributed by atoms with Crippen LogP contribution in [-0.2, 0) is 51.7 Å². The molecule has 0 N–H and O–H groups in total. The summed E-state index contributed by atoms with van der Waals surface area (Å²) in [5, 5.41) is 2.50. The zero-order valence-electron chi connectivity index (χ0n) is 16.9. The monoisotopic (exact) mass is 532 g/mol. The van der Waals surface area contributed by atoms with E-state index in [2.05, 4.69) is 0 Å². The van der Waals surface area contributed by atoms with E-state index >= 15 is 0 Å². The smallest absolute Gasteiger partial charge is 0.147 e. The van der Waals surface area contributed by atoms with Gasteiger partial charge in [0.1, 0.15) is 0 Å². The Balaban J connectivity index is 0.00000338. The topological polar surface area (TPSA) is 55.4 Å². The molecule has 0 saturated carbocycles. The van der Waals surface area contributed by atoms with Gasteiger partial charge in [0.15, 0.2) is 0 Å². The van der Waals surface area contributed by atoms with E-state index in [9.17, 15) is 0 Å². The molecule has 0 fully saturated rings. The molecule has 2 aliphatic carbocycles. The molecule has 6 nitrogen and oxygen atoms in total.